The van der Waals surface area contributed by atoms with Crippen molar-refractivity contribution in [3.05, 3.63) is 12.0 Å². The van der Waals surface area contributed by atoms with Crippen molar-refractivity contribution in [2.75, 3.05) is 5.75 Å². The molecule has 0 spiro atoms. The van der Waals surface area contributed by atoms with E-state index in [-0.39, 0.29) is 0 Å². The highest BCUT2D eigenvalue weighted by atomic mass is 32.2. The Labute approximate surface area is 86.2 Å². The topological polar surface area (TPSA) is 95.1 Å². The fraction of sp³-hybridized carbons (Fsp3) is 0.500. The molecule has 14 heavy (non-hydrogen) atoms. The number of amides is 1. The molecule has 1 aromatic heterocycles. The second-order valence-electron chi connectivity index (χ2n) is 3.33. The molecule has 1 heterocycles. The molecule has 0 aliphatic carbocycles. The van der Waals surface area contributed by atoms with Gasteiger partial charge in [0.05, 0.1) is 5.69 Å². The Kier molecular flexibility index (Phi) is 3.17. The van der Waals surface area contributed by atoms with Crippen LogP contribution in [0.4, 0.5) is 0 Å². The predicted molar refractivity (Wildman–Crippen MR) is 53.8 cm³/mol. The molecule has 0 aromatic carbocycles. The first kappa shape index (κ1) is 11.1. The average molecular weight is 215 g/mol. The number of carbonyl (C=O) groups excluding carboxylic acids is 1. The molecule has 1 unspecified atom stereocenters. The van der Waals surface area contributed by atoms with Crippen LogP contribution in [0.3, 0.4) is 0 Å². The Morgan fingerprint density at radius 1 is 1.79 bits per heavy atom. The van der Waals surface area contributed by atoms with Crippen LogP contribution >= 0.6 is 11.8 Å². The van der Waals surface area contributed by atoms with E-state index < -0.39 is 11.4 Å². The Bertz CT molecular complexity index is 335. The minimum atomic E-state index is -1.03. The smallest absolute Gasteiger partial charge is 0.255 e. The summed E-state index contributed by atoms with van der Waals surface area (Å²) in [5.41, 5.74) is 10.5. The van der Waals surface area contributed by atoms with Gasteiger partial charge in [-0.3, -0.25) is 4.79 Å². The molecular formula is C8H13N3O2S. The van der Waals surface area contributed by atoms with Crippen molar-refractivity contribution in [3.63, 3.8) is 0 Å². The maximum Gasteiger partial charge on any atom is 0.255 e. The Morgan fingerprint density at radius 3 is 2.86 bits per heavy atom. The molecule has 4 N–H and O–H groups in total. The van der Waals surface area contributed by atoms with Crippen molar-refractivity contribution >= 4 is 17.7 Å². The summed E-state index contributed by atoms with van der Waals surface area (Å²) < 4.78 is 5.08. The molecule has 0 radical (unpaired) electrons. The zero-order valence-electron chi connectivity index (χ0n) is 8.11. The van der Waals surface area contributed by atoms with E-state index in [1.807, 2.05) is 6.92 Å². The molecule has 78 valence electrons. The lowest BCUT2D eigenvalue weighted by molar-refractivity contribution is -0.121. The van der Waals surface area contributed by atoms with Crippen LogP contribution in [0, 0.1) is 6.92 Å². The molecule has 1 amide bonds. The van der Waals surface area contributed by atoms with Crippen molar-refractivity contribution in [3.8, 4) is 0 Å². The molecule has 5 nitrogen and oxygen atoms in total. The summed E-state index contributed by atoms with van der Waals surface area (Å²) in [6.45, 7) is 3.40. The van der Waals surface area contributed by atoms with Gasteiger partial charge < -0.3 is 15.9 Å². The van der Waals surface area contributed by atoms with Gasteiger partial charge in [-0.1, -0.05) is 11.8 Å². The number of oxazole rings is 1. The van der Waals surface area contributed by atoms with Crippen LogP contribution in [0.1, 0.15) is 12.6 Å². The van der Waals surface area contributed by atoms with Crippen LogP contribution in [0.5, 0.6) is 0 Å². The van der Waals surface area contributed by atoms with Crippen molar-refractivity contribution < 1.29 is 9.21 Å². The van der Waals surface area contributed by atoms with E-state index in [4.69, 9.17) is 15.9 Å². The van der Waals surface area contributed by atoms with Crippen molar-refractivity contribution in [2.24, 2.45) is 11.5 Å². The third-order valence-electron chi connectivity index (χ3n) is 1.66. The highest BCUT2D eigenvalue weighted by molar-refractivity contribution is 7.99. The highest BCUT2D eigenvalue weighted by Crippen LogP contribution is 2.20. The SMILES string of the molecule is Cc1coc(SCC(C)(N)C(N)=O)n1. The van der Waals surface area contributed by atoms with Crippen LogP contribution in [-0.4, -0.2) is 22.2 Å². The molecule has 1 aromatic rings. The molecule has 0 fully saturated rings. The molecule has 6 heteroatoms. The largest absolute Gasteiger partial charge is 0.440 e. The number of carbonyl (C=O) groups is 1. The zero-order valence-corrected chi connectivity index (χ0v) is 8.93. The Hall–Kier alpha value is -1.01. The summed E-state index contributed by atoms with van der Waals surface area (Å²) >= 11 is 1.27. The van der Waals surface area contributed by atoms with E-state index in [2.05, 4.69) is 4.98 Å². The van der Waals surface area contributed by atoms with Crippen LogP contribution in [0.15, 0.2) is 15.9 Å². The molecule has 0 bridgehead atoms. The van der Waals surface area contributed by atoms with E-state index in [9.17, 15) is 4.79 Å². The van der Waals surface area contributed by atoms with Gasteiger partial charge in [0.1, 0.15) is 11.8 Å². The zero-order chi connectivity index (χ0) is 10.8. The fourth-order valence-electron chi connectivity index (χ4n) is 0.681. The molecule has 0 aliphatic rings. The lowest BCUT2D eigenvalue weighted by Crippen LogP contribution is -2.51. The number of hydrogen-bond acceptors (Lipinski definition) is 5. The molecule has 0 saturated heterocycles. The van der Waals surface area contributed by atoms with Crippen LogP contribution in [0.2, 0.25) is 0 Å². The molecule has 0 saturated carbocycles. The van der Waals surface area contributed by atoms with E-state index in [0.717, 1.165) is 5.69 Å². The quantitative estimate of drug-likeness (QED) is 0.703. The van der Waals surface area contributed by atoms with Crippen molar-refractivity contribution in [1.29, 1.82) is 0 Å². The summed E-state index contributed by atoms with van der Waals surface area (Å²) in [7, 11) is 0. The summed E-state index contributed by atoms with van der Waals surface area (Å²) in [4.78, 5) is 14.9. The summed E-state index contributed by atoms with van der Waals surface area (Å²) in [6.07, 6.45) is 1.54. The van der Waals surface area contributed by atoms with Gasteiger partial charge in [-0.25, -0.2) is 4.98 Å². The van der Waals surface area contributed by atoms with E-state index >= 15 is 0 Å². The van der Waals surface area contributed by atoms with Gasteiger partial charge in [-0.05, 0) is 13.8 Å². The van der Waals surface area contributed by atoms with Gasteiger partial charge in [0, 0.05) is 5.75 Å². The first-order chi connectivity index (χ1) is 6.42. The van der Waals surface area contributed by atoms with E-state index in [1.54, 1.807) is 13.2 Å². The van der Waals surface area contributed by atoms with Crippen LogP contribution < -0.4 is 11.5 Å². The first-order valence-corrected chi connectivity index (χ1v) is 5.04. The van der Waals surface area contributed by atoms with Gasteiger partial charge in [0.25, 0.3) is 5.22 Å². The molecule has 1 atom stereocenters. The van der Waals surface area contributed by atoms with Crippen molar-refractivity contribution in [1.82, 2.24) is 4.98 Å². The Balaban J connectivity index is 2.52. The average Bonchev–Trinajstić information content (AvgIpc) is 2.48. The Morgan fingerprint density at radius 2 is 2.43 bits per heavy atom. The lowest BCUT2D eigenvalue weighted by atomic mass is 10.1. The number of aromatic nitrogens is 1. The van der Waals surface area contributed by atoms with Gasteiger partial charge in [-0.2, -0.15) is 0 Å². The van der Waals surface area contributed by atoms with Crippen LogP contribution in [-0.2, 0) is 4.79 Å². The van der Waals surface area contributed by atoms with Crippen LogP contribution in [0.25, 0.3) is 0 Å². The third kappa shape index (κ3) is 2.74. The lowest BCUT2D eigenvalue weighted by Gasteiger charge is -2.18. The summed E-state index contributed by atoms with van der Waals surface area (Å²) in [5, 5.41) is 0.500. The third-order valence-corrected chi connectivity index (χ3v) is 2.83. The highest BCUT2D eigenvalue weighted by Gasteiger charge is 2.26. The monoisotopic (exact) mass is 215 g/mol. The number of aryl methyl sites for hydroxylation is 1. The predicted octanol–water partition coefficient (Wildman–Crippen LogP) is 0.278. The maximum atomic E-state index is 10.9. The normalized spacial score (nSPS) is 15.1. The molecular weight excluding hydrogens is 202 g/mol. The standard InChI is InChI=1S/C8H13N3O2S/c1-5-3-13-7(11-5)14-4-8(2,10)6(9)12/h3H,4,10H2,1-2H3,(H2,9,12). The summed E-state index contributed by atoms with van der Waals surface area (Å²) in [5.74, 6) is -0.185. The number of nitrogens with zero attached hydrogens (tertiary/aromatic N) is 1. The number of primary amides is 1. The van der Waals surface area contributed by atoms with Crippen molar-refractivity contribution in [2.45, 2.75) is 24.6 Å². The minimum absolute atomic E-state index is 0.349. The van der Waals surface area contributed by atoms with Gasteiger partial charge in [-0.15, -0.1) is 0 Å². The molecule has 0 aliphatic heterocycles. The maximum absolute atomic E-state index is 10.9. The molecule has 1 rings (SSSR count). The second-order valence-corrected chi connectivity index (χ2v) is 4.25. The van der Waals surface area contributed by atoms with Gasteiger partial charge in [0.2, 0.25) is 5.91 Å². The fourth-order valence-corrected chi connectivity index (χ4v) is 1.57. The van der Waals surface area contributed by atoms with Gasteiger partial charge >= 0.3 is 0 Å². The number of nitrogens with two attached hydrogens (primary N) is 2. The van der Waals surface area contributed by atoms with E-state index in [0.29, 0.717) is 11.0 Å². The second kappa shape index (κ2) is 4.02. The minimum Gasteiger partial charge on any atom is -0.440 e. The number of rotatable bonds is 4. The number of hydrogen-bond donors (Lipinski definition) is 2. The van der Waals surface area contributed by atoms with Gasteiger partial charge in [0.15, 0.2) is 0 Å². The van der Waals surface area contributed by atoms with E-state index in [1.165, 1.54) is 11.8 Å². The summed E-state index contributed by atoms with van der Waals surface area (Å²) in [6, 6.07) is 0. The first-order valence-electron chi connectivity index (χ1n) is 4.05. The number of thioether (sulfide) groups is 1.